The Morgan fingerprint density at radius 1 is 1.29 bits per heavy atom. The van der Waals surface area contributed by atoms with Crippen molar-refractivity contribution in [3.63, 3.8) is 0 Å². The standard InChI is InChI=1S/C17H22N4O2S/c1-12-6-8-19(9-7-12)15(22)11-20-17(23)21(13-4-5-13)16(18-20)14-3-2-10-24-14/h2-3,10,12-13H,4-9,11H2,1H3. The molecule has 2 aromatic rings. The van der Waals surface area contributed by atoms with Crippen LogP contribution in [0.2, 0.25) is 0 Å². The summed E-state index contributed by atoms with van der Waals surface area (Å²) in [5, 5.41) is 6.48. The highest BCUT2D eigenvalue weighted by molar-refractivity contribution is 7.13. The Morgan fingerprint density at radius 3 is 2.67 bits per heavy atom. The molecule has 2 fully saturated rings. The van der Waals surface area contributed by atoms with E-state index in [1.807, 2.05) is 22.4 Å². The van der Waals surface area contributed by atoms with Crippen LogP contribution in [0.1, 0.15) is 38.6 Å². The SMILES string of the molecule is CC1CCN(C(=O)Cn2nc(-c3cccs3)n(C3CC3)c2=O)CC1. The Hall–Kier alpha value is -1.89. The summed E-state index contributed by atoms with van der Waals surface area (Å²) in [5.41, 5.74) is -0.153. The average Bonchev–Trinajstić information content (AvgIpc) is 3.15. The number of carbonyl (C=O) groups excluding carboxylic acids is 1. The number of thiophene rings is 1. The minimum absolute atomic E-state index is 0.00202. The molecular formula is C17H22N4O2S. The molecule has 2 aliphatic rings. The van der Waals surface area contributed by atoms with Crippen molar-refractivity contribution in [1.29, 1.82) is 0 Å². The number of nitrogens with zero attached hydrogens (tertiary/aromatic N) is 4. The number of piperidine rings is 1. The lowest BCUT2D eigenvalue weighted by molar-refractivity contribution is -0.133. The first-order valence-corrected chi connectivity index (χ1v) is 9.52. The zero-order chi connectivity index (χ0) is 16.7. The molecule has 7 heteroatoms. The van der Waals surface area contributed by atoms with Crippen LogP contribution in [0.4, 0.5) is 0 Å². The Morgan fingerprint density at radius 2 is 2.04 bits per heavy atom. The third-order valence-corrected chi connectivity index (χ3v) is 5.81. The summed E-state index contributed by atoms with van der Waals surface area (Å²) in [5.74, 6) is 1.39. The van der Waals surface area contributed by atoms with Gasteiger partial charge in [0.15, 0.2) is 5.82 Å². The summed E-state index contributed by atoms with van der Waals surface area (Å²) in [4.78, 5) is 28.1. The molecule has 6 nitrogen and oxygen atoms in total. The molecule has 1 aliphatic heterocycles. The molecular weight excluding hydrogens is 324 g/mol. The molecule has 0 aromatic carbocycles. The fourth-order valence-electron chi connectivity index (χ4n) is 3.24. The van der Waals surface area contributed by atoms with Crippen molar-refractivity contribution in [2.45, 2.75) is 45.2 Å². The average molecular weight is 346 g/mol. The van der Waals surface area contributed by atoms with Crippen LogP contribution in [-0.2, 0) is 11.3 Å². The van der Waals surface area contributed by atoms with Crippen LogP contribution in [0.25, 0.3) is 10.7 Å². The largest absolute Gasteiger partial charge is 0.346 e. The van der Waals surface area contributed by atoms with Gasteiger partial charge in [0.2, 0.25) is 5.91 Å². The lowest BCUT2D eigenvalue weighted by atomic mass is 9.99. The molecule has 24 heavy (non-hydrogen) atoms. The van der Waals surface area contributed by atoms with E-state index in [1.165, 1.54) is 4.68 Å². The van der Waals surface area contributed by atoms with Gasteiger partial charge in [-0.25, -0.2) is 9.48 Å². The fraction of sp³-hybridized carbons (Fsp3) is 0.588. The van der Waals surface area contributed by atoms with Crippen LogP contribution in [-0.4, -0.2) is 38.2 Å². The van der Waals surface area contributed by atoms with E-state index >= 15 is 0 Å². The van der Waals surface area contributed by atoms with Crippen LogP contribution in [0, 0.1) is 5.92 Å². The molecule has 2 aromatic heterocycles. The van der Waals surface area contributed by atoms with Gasteiger partial charge >= 0.3 is 5.69 Å². The van der Waals surface area contributed by atoms with Crippen molar-refractivity contribution in [2.75, 3.05) is 13.1 Å². The number of carbonyl (C=O) groups is 1. The maximum absolute atomic E-state index is 12.7. The van der Waals surface area contributed by atoms with Crippen molar-refractivity contribution in [1.82, 2.24) is 19.2 Å². The van der Waals surface area contributed by atoms with Gasteiger partial charge in [-0.3, -0.25) is 9.36 Å². The number of hydrogen-bond donors (Lipinski definition) is 0. The lowest BCUT2D eigenvalue weighted by Crippen LogP contribution is -2.41. The van der Waals surface area contributed by atoms with Crippen LogP contribution >= 0.6 is 11.3 Å². The van der Waals surface area contributed by atoms with Crippen molar-refractivity contribution < 1.29 is 4.79 Å². The number of amides is 1. The molecule has 1 amide bonds. The van der Waals surface area contributed by atoms with E-state index in [9.17, 15) is 9.59 Å². The second-order valence-corrected chi connectivity index (χ2v) is 7.85. The van der Waals surface area contributed by atoms with Gasteiger partial charge in [-0.15, -0.1) is 16.4 Å². The van der Waals surface area contributed by atoms with Gasteiger partial charge in [0.1, 0.15) is 6.54 Å². The van der Waals surface area contributed by atoms with Gasteiger partial charge in [-0.1, -0.05) is 13.0 Å². The summed E-state index contributed by atoms with van der Waals surface area (Å²) < 4.78 is 3.13. The lowest BCUT2D eigenvalue weighted by Gasteiger charge is -2.30. The second-order valence-electron chi connectivity index (χ2n) is 6.91. The molecule has 128 valence electrons. The molecule has 0 radical (unpaired) electrons. The molecule has 0 atom stereocenters. The van der Waals surface area contributed by atoms with Gasteiger partial charge in [0.25, 0.3) is 0 Å². The fourth-order valence-corrected chi connectivity index (χ4v) is 3.95. The highest BCUT2D eigenvalue weighted by Gasteiger charge is 2.31. The summed E-state index contributed by atoms with van der Waals surface area (Å²) in [7, 11) is 0. The van der Waals surface area contributed by atoms with E-state index in [-0.39, 0.29) is 24.2 Å². The molecule has 0 spiro atoms. The van der Waals surface area contributed by atoms with E-state index in [4.69, 9.17) is 0 Å². The van der Waals surface area contributed by atoms with Crippen molar-refractivity contribution in [3.05, 3.63) is 28.0 Å². The summed E-state index contributed by atoms with van der Waals surface area (Å²) in [6, 6.07) is 4.18. The van der Waals surface area contributed by atoms with Crippen LogP contribution in [0.3, 0.4) is 0 Å². The molecule has 3 heterocycles. The molecule has 4 rings (SSSR count). The smallest absolute Gasteiger partial charge is 0.341 e. The number of likely N-dealkylation sites (tertiary alicyclic amines) is 1. The van der Waals surface area contributed by atoms with Crippen LogP contribution in [0.15, 0.2) is 22.3 Å². The normalized spacial score (nSPS) is 19.0. The van der Waals surface area contributed by atoms with Gasteiger partial charge < -0.3 is 4.90 Å². The van der Waals surface area contributed by atoms with E-state index in [0.717, 1.165) is 43.6 Å². The predicted molar refractivity (Wildman–Crippen MR) is 93.0 cm³/mol. The Bertz CT molecular complexity index is 780. The highest BCUT2D eigenvalue weighted by atomic mass is 32.1. The maximum Gasteiger partial charge on any atom is 0.346 e. The second kappa shape index (κ2) is 6.20. The van der Waals surface area contributed by atoms with Crippen molar-refractivity contribution in [2.24, 2.45) is 5.92 Å². The minimum Gasteiger partial charge on any atom is -0.341 e. The topological polar surface area (TPSA) is 60.1 Å². The van der Waals surface area contributed by atoms with E-state index in [1.54, 1.807) is 15.9 Å². The van der Waals surface area contributed by atoms with Gasteiger partial charge in [-0.05, 0) is 43.0 Å². The first-order chi connectivity index (χ1) is 11.6. The zero-order valence-corrected chi connectivity index (χ0v) is 14.7. The van der Waals surface area contributed by atoms with E-state index in [0.29, 0.717) is 11.7 Å². The monoisotopic (exact) mass is 346 g/mol. The zero-order valence-electron chi connectivity index (χ0n) is 13.9. The third kappa shape index (κ3) is 2.92. The van der Waals surface area contributed by atoms with Crippen molar-refractivity contribution in [3.8, 4) is 10.7 Å². The number of hydrogen-bond acceptors (Lipinski definition) is 4. The molecule has 0 bridgehead atoms. The Balaban J connectivity index is 1.58. The first kappa shape index (κ1) is 15.6. The summed E-state index contributed by atoms with van der Waals surface area (Å²) in [6.45, 7) is 3.84. The molecule has 0 N–H and O–H groups in total. The maximum atomic E-state index is 12.7. The quantitative estimate of drug-likeness (QED) is 0.854. The molecule has 1 aliphatic carbocycles. The van der Waals surface area contributed by atoms with E-state index in [2.05, 4.69) is 12.0 Å². The highest BCUT2D eigenvalue weighted by Crippen LogP contribution is 2.37. The Labute approximate surface area is 144 Å². The minimum atomic E-state index is -0.153. The van der Waals surface area contributed by atoms with Crippen LogP contribution < -0.4 is 5.69 Å². The van der Waals surface area contributed by atoms with Crippen molar-refractivity contribution >= 4 is 17.2 Å². The van der Waals surface area contributed by atoms with Crippen LogP contribution in [0.5, 0.6) is 0 Å². The number of aromatic nitrogens is 3. The van der Waals surface area contributed by atoms with Gasteiger partial charge in [0, 0.05) is 19.1 Å². The molecule has 1 saturated carbocycles. The van der Waals surface area contributed by atoms with Gasteiger partial charge in [0.05, 0.1) is 4.88 Å². The predicted octanol–water partition coefficient (Wildman–Crippen LogP) is 2.37. The molecule has 0 unspecified atom stereocenters. The first-order valence-electron chi connectivity index (χ1n) is 8.64. The Kier molecular flexibility index (Phi) is 4.04. The van der Waals surface area contributed by atoms with E-state index < -0.39 is 0 Å². The number of rotatable bonds is 4. The summed E-state index contributed by atoms with van der Waals surface area (Å²) in [6.07, 6.45) is 4.11. The summed E-state index contributed by atoms with van der Waals surface area (Å²) >= 11 is 1.57. The van der Waals surface area contributed by atoms with Gasteiger partial charge in [-0.2, -0.15) is 0 Å². The molecule has 1 saturated heterocycles. The third-order valence-electron chi connectivity index (χ3n) is 4.95.